The molecule has 0 saturated heterocycles. The highest BCUT2D eigenvalue weighted by Gasteiger charge is 2.33. The maximum absolute atomic E-state index is 5.82. The molecule has 68 valence electrons. The smallest absolute Gasteiger partial charge is 0.00157 e. The van der Waals surface area contributed by atoms with Gasteiger partial charge in [-0.25, -0.2) is 0 Å². The highest BCUT2D eigenvalue weighted by Crippen LogP contribution is 2.37. The number of hydrogen-bond acceptors (Lipinski definition) is 1. The molecule has 0 aromatic carbocycles. The molecule has 0 unspecified atom stereocenters. The molecule has 0 aromatic rings. The molecule has 11 heavy (non-hydrogen) atoms. The number of rotatable bonds is 4. The van der Waals surface area contributed by atoms with Crippen molar-refractivity contribution in [2.75, 3.05) is 6.54 Å². The van der Waals surface area contributed by atoms with Crippen molar-refractivity contribution < 1.29 is 0 Å². The zero-order valence-electron chi connectivity index (χ0n) is 8.65. The average molecular weight is 157 g/mol. The summed E-state index contributed by atoms with van der Waals surface area (Å²) < 4.78 is 0. The molecule has 0 aliphatic carbocycles. The summed E-state index contributed by atoms with van der Waals surface area (Å²) in [6.45, 7) is 12.2. The summed E-state index contributed by atoms with van der Waals surface area (Å²) in [6, 6.07) is 0. The van der Waals surface area contributed by atoms with E-state index in [0.29, 0.717) is 17.3 Å². The average Bonchev–Trinajstić information content (AvgIpc) is 1.90. The van der Waals surface area contributed by atoms with E-state index in [9.17, 15) is 0 Å². The summed E-state index contributed by atoms with van der Waals surface area (Å²) in [5.74, 6) is 1.38. The Kier molecular flexibility index (Phi) is 4.09. The summed E-state index contributed by atoms with van der Waals surface area (Å²) >= 11 is 0. The van der Waals surface area contributed by atoms with E-state index >= 15 is 0 Å². The third kappa shape index (κ3) is 1.96. The van der Waals surface area contributed by atoms with Crippen LogP contribution in [0, 0.1) is 17.3 Å². The molecule has 1 heteroatoms. The van der Waals surface area contributed by atoms with Gasteiger partial charge in [-0.2, -0.15) is 0 Å². The molecule has 0 fully saturated rings. The van der Waals surface area contributed by atoms with E-state index in [0.717, 1.165) is 6.54 Å². The zero-order valence-corrected chi connectivity index (χ0v) is 8.65. The van der Waals surface area contributed by atoms with Crippen molar-refractivity contribution in [3.05, 3.63) is 0 Å². The minimum atomic E-state index is 0.361. The molecular weight excluding hydrogens is 134 g/mol. The van der Waals surface area contributed by atoms with Gasteiger partial charge in [0.25, 0.3) is 0 Å². The number of hydrogen-bond donors (Lipinski definition) is 1. The largest absolute Gasteiger partial charge is 0.330 e. The first-order chi connectivity index (χ1) is 5.01. The fraction of sp³-hybridized carbons (Fsp3) is 1.00. The van der Waals surface area contributed by atoms with Gasteiger partial charge in [-0.1, -0.05) is 34.6 Å². The van der Waals surface area contributed by atoms with Gasteiger partial charge in [0.1, 0.15) is 0 Å². The molecule has 2 N–H and O–H groups in total. The Morgan fingerprint density at radius 3 is 1.45 bits per heavy atom. The van der Waals surface area contributed by atoms with Crippen LogP contribution in [0.2, 0.25) is 0 Å². The lowest BCUT2D eigenvalue weighted by molar-refractivity contribution is 0.116. The van der Waals surface area contributed by atoms with Crippen LogP contribution in [0.25, 0.3) is 0 Å². The van der Waals surface area contributed by atoms with Crippen LogP contribution < -0.4 is 5.73 Å². The van der Waals surface area contributed by atoms with Crippen LogP contribution in [-0.2, 0) is 0 Å². The topological polar surface area (TPSA) is 26.0 Å². The highest BCUT2D eigenvalue weighted by atomic mass is 14.6. The SMILES string of the molecule is CCC(CN)(C(C)C)C(C)C. The summed E-state index contributed by atoms with van der Waals surface area (Å²) in [6.07, 6.45) is 1.19. The lowest BCUT2D eigenvalue weighted by atomic mass is 9.67. The van der Waals surface area contributed by atoms with Gasteiger partial charge < -0.3 is 5.73 Å². The van der Waals surface area contributed by atoms with Crippen LogP contribution in [0.3, 0.4) is 0 Å². The Hall–Kier alpha value is -0.0400. The molecule has 0 bridgehead atoms. The second-order valence-electron chi connectivity index (χ2n) is 4.10. The number of nitrogens with two attached hydrogens (primary N) is 1. The Balaban J connectivity index is 4.46. The van der Waals surface area contributed by atoms with Crippen LogP contribution in [0.4, 0.5) is 0 Å². The predicted molar refractivity (Wildman–Crippen MR) is 51.5 cm³/mol. The normalized spacial score (nSPS) is 13.1. The lowest BCUT2D eigenvalue weighted by Gasteiger charge is -2.39. The van der Waals surface area contributed by atoms with Gasteiger partial charge in [0, 0.05) is 0 Å². The van der Waals surface area contributed by atoms with E-state index in [1.165, 1.54) is 6.42 Å². The van der Waals surface area contributed by atoms with Crippen LogP contribution in [0.15, 0.2) is 0 Å². The molecule has 0 amide bonds. The van der Waals surface area contributed by atoms with Crippen molar-refractivity contribution in [1.82, 2.24) is 0 Å². The highest BCUT2D eigenvalue weighted by molar-refractivity contribution is 4.84. The second-order valence-corrected chi connectivity index (χ2v) is 4.10. The molecule has 1 nitrogen and oxygen atoms in total. The van der Waals surface area contributed by atoms with Gasteiger partial charge in [0.15, 0.2) is 0 Å². The van der Waals surface area contributed by atoms with E-state index in [1.807, 2.05) is 0 Å². The molecular formula is C10H23N. The molecule has 0 rings (SSSR count). The molecule has 0 aromatic heterocycles. The molecule has 0 radical (unpaired) electrons. The fourth-order valence-electron chi connectivity index (χ4n) is 2.10. The van der Waals surface area contributed by atoms with Gasteiger partial charge in [-0.15, -0.1) is 0 Å². The summed E-state index contributed by atoms with van der Waals surface area (Å²) in [5.41, 5.74) is 6.18. The van der Waals surface area contributed by atoms with Crippen molar-refractivity contribution >= 4 is 0 Å². The maximum atomic E-state index is 5.82. The Bertz CT molecular complexity index is 91.4. The Morgan fingerprint density at radius 2 is 1.45 bits per heavy atom. The first kappa shape index (κ1) is 11.0. The van der Waals surface area contributed by atoms with Crippen LogP contribution in [0.1, 0.15) is 41.0 Å². The molecule has 0 aliphatic heterocycles. The van der Waals surface area contributed by atoms with E-state index in [1.54, 1.807) is 0 Å². The molecule has 0 spiro atoms. The van der Waals surface area contributed by atoms with E-state index in [2.05, 4.69) is 34.6 Å². The molecule has 0 heterocycles. The van der Waals surface area contributed by atoms with E-state index < -0.39 is 0 Å². The Labute approximate surface area is 71.4 Å². The van der Waals surface area contributed by atoms with Crippen molar-refractivity contribution in [2.45, 2.75) is 41.0 Å². The summed E-state index contributed by atoms with van der Waals surface area (Å²) in [4.78, 5) is 0. The van der Waals surface area contributed by atoms with E-state index in [-0.39, 0.29) is 0 Å². The van der Waals surface area contributed by atoms with Crippen LogP contribution in [0.5, 0.6) is 0 Å². The van der Waals surface area contributed by atoms with Crippen molar-refractivity contribution in [3.63, 3.8) is 0 Å². The van der Waals surface area contributed by atoms with Crippen LogP contribution >= 0.6 is 0 Å². The maximum Gasteiger partial charge on any atom is -0.00157 e. The standard InChI is InChI=1S/C10H23N/c1-6-10(7-11,8(2)3)9(4)5/h8-9H,6-7,11H2,1-5H3. The summed E-state index contributed by atoms with van der Waals surface area (Å²) in [5, 5.41) is 0. The first-order valence-corrected chi connectivity index (χ1v) is 4.71. The third-order valence-corrected chi connectivity index (χ3v) is 3.34. The minimum absolute atomic E-state index is 0.361. The van der Waals surface area contributed by atoms with Crippen molar-refractivity contribution in [1.29, 1.82) is 0 Å². The Morgan fingerprint density at radius 1 is 1.09 bits per heavy atom. The van der Waals surface area contributed by atoms with Gasteiger partial charge in [-0.3, -0.25) is 0 Å². The molecule has 0 atom stereocenters. The van der Waals surface area contributed by atoms with Gasteiger partial charge >= 0.3 is 0 Å². The quantitative estimate of drug-likeness (QED) is 0.667. The lowest BCUT2D eigenvalue weighted by Crippen LogP contribution is -2.39. The third-order valence-electron chi connectivity index (χ3n) is 3.34. The zero-order chi connectivity index (χ0) is 9.07. The predicted octanol–water partition coefficient (Wildman–Crippen LogP) is 2.65. The van der Waals surface area contributed by atoms with Crippen molar-refractivity contribution in [3.8, 4) is 0 Å². The van der Waals surface area contributed by atoms with Crippen molar-refractivity contribution in [2.24, 2.45) is 23.0 Å². The first-order valence-electron chi connectivity index (χ1n) is 4.71. The van der Waals surface area contributed by atoms with Gasteiger partial charge in [0.05, 0.1) is 0 Å². The molecule has 0 aliphatic rings. The van der Waals surface area contributed by atoms with Gasteiger partial charge in [-0.05, 0) is 30.2 Å². The minimum Gasteiger partial charge on any atom is -0.330 e. The molecule has 0 saturated carbocycles. The monoisotopic (exact) mass is 157 g/mol. The fourth-order valence-corrected chi connectivity index (χ4v) is 2.10. The summed E-state index contributed by atoms with van der Waals surface area (Å²) in [7, 11) is 0. The van der Waals surface area contributed by atoms with Crippen LogP contribution in [-0.4, -0.2) is 6.54 Å². The second kappa shape index (κ2) is 4.10. The van der Waals surface area contributed by atoms with E-state index in [4.69, 9.17) is 5.73 Å². The van der Waals surface area contributed by atoms with Gasteiger partial charge in [0.2, 0.25) is 0 Å².